The fraction of sp³-hybridized carbons (Fsp3) is 0.150. The fourth-order valence-electron chi connectivity index (χ4n) is 2.40. The molecule has 0 amide bonds. The summed E-state index contributed by atoms with van der Waals surface area (Å²) in [5.41, 5.74) is 1.97. The number of aryl methyl sites for hydroxylation is 1. The predicted octanol–water partition coefficient (Wildman–Crippen LogP) is 3.56. The van der Waals surface area contributed by atoms with Gasteiger partial charge in [0.05, 0.1) is 18.9 Å². The third-order valence-corrected chi connectivity index (χ3v) is 4.11. The van der Waals surface area contributed by atoms with Crippen LogP contribution < -0.4 is 10.3 Å². The minimum Gasteiger partial charge on any atom is -0.486 e. The maximum absolute atomic E-state index is 12.5. The lowest BCUT2D eigenvalue weighted by atomic mass is 10.2. The highest BCUT2D eigenvalue weighted by Crippen LogP contribution is 2.18. The van der Waals surface area contributed by atoms with Gasteiger partial charge in [-0.1, -0.05) is 41.4 Å². The topological polar surface area (TPSA) is 70.4 Å². The largest absolute Gasteiger partial charge is 0.486 e. The van der Waals surface area contributed by atoms with Crippen molar-refractivity contribution in [2.45, 2.75) is 13.5 Å². The van der Waals surface area contributed by atoms with E-state index in [1.807, 2.05) is 31.2 Å². The summed E-state index contributed by atoms with van der Waals surface area (Å²) in [5, 5.41) is 4.66. The minimum absolute atomic E-state index is 0.0673. The van der Waals surface area contributed by atoms with Gasteiger partial charge >= 0.3 is 5.97 Å². The van der Waals surface area contributed by atoms with Gasteiger partial charge in [0, 0.05) is 5.02 Å². The van der Waals surface area contributed by atoms with Gasteiger partial charge in [-0.2, -0.15) is 9.78 Å². The number of carbonyl (C=O) groups is 1. The van der Waals surface area contributed by atoms with Gasteiger partial charge in [0.25, 0.3) is 5.56 Å². The summed E-state index contributed by atoms with van der Waals surface area (Å²) in [5.74, 6) is -0.630. The molecule has 0 aliphatic rings. The van der Waals surface area contributed by atoms with Gasteiger partial charge in [-0.3, -0.25) is 4.79 Å². The lowest BCUT2D eigenvalue weighted by Gasteiger charge is -2.12. The number of methoxy groups -OCH3 is 1. The Kier molecular flexibility index (Phi) is 5.57. The number of nitrogens with zero attached hydrogens (tertiary/aromatic N) is 2. The zero-order valence-corrected chi connectivity index (χ0v) is 15.6. The summed E-state index contributed by atoms with van der Waals surface area (Å²) >= 11 is 5.88. The van der Waals surface area contributed by atoms with E-state index in [0.717, 1.165) is 15.8 Å². The third-order valence-electron chi connectivity index (χ3n) is 3.86. The van der Waals surface area contributed by atoms with E-state index in [1.165, 1.54) is 13.2 Å². The lowest BCUT2D eigenvalue weighted by molar-refractivity contribution is 0.0585. The molecule has 0 aliphatic carbocycles. The quantitative estimate of drug-likeness (QED) is 0.629. The Morgan fingerprint density at radius 3 is 2.41 bits per heavy atom. The molecule has 0 atom stereocenters. The van der Waals surface area contributed by atoms with Crippen LogP contribution in [0.1, 0.15) is 21.6 Å². The molecule has 1 aromatic heterocycles. The molecule has 0 aliphatic heterocycles. The molecule has 0 unspecified atom stereocenters. The molecule has 2 aromatic carbocycles. The first-order valence-electron chi connectivity index (χ1n) is 8.15. The molecule has 27 heavy (non-hydrogen) atoms. The second-order valence-electron chi connectivity index (χ2n) is 5.85. The Hall–Kier alpha value is -3.12. The molecular weight excluding hydrogens is 368 g/mol. The van der Waals surface area contributed by atoms with Gasteiger partial charge in [0.1, 0.15) is 6.61 Å². The van der Waals surface area contributed by atoms with Crippen LogP contribution in [0.5, 0.6) is 5.75 Å². The summed E-state index contributed by atoms with van der Waals surface area (Å²) in [6.45, 7) is 2.18. The number of rotatable bonds is 5. The van der Waals surface area contributed by atoms with E-state index in [1.54, 1.807) is 24.3 Å². The third kappa shape index (κ3) is 4.35. The van der Waals surface area contributed by atoms with Crippen LogP contribution in [0.3, 0.4) is 0 Å². The SMILES string of the molecule is COC(=O)c1nn(-c2ccc(Cl)cc2)c(=O)cc1OCc1ccc(C)cc1. The average Bonchev–Trinajstić information content (AvgIpc) is 2.68. The van der Waals surface area contributed by atoms with Gasteiger partial charge in [0.2, 0.25) is 5.69 Å². The molecular formula is C20H17ClN2O4. The molecule has 6 nitrogen and oxygen atoms in total. The fourth-order valence-corrected chi connectivity index (χ4v) is 2.53. The predicted molar refractivity (Wildman–Crippen MR) is 102 cm³/mol. The van der Waals surface area contributed by atoms with Crippen LogP contribution in [-0.4, -0.2) is 22.9 Å². The van der Waals surface area contributed by atoms with Crippen molar-refractivity contribution in [3.05, 3.63) is 86.8 Å². The molecule has 3 aromatic rings. The molecule has 0 fully saturated rings. The summed E-state index contributed by atoms with van der Waals surface area (Å²) in [7, 11) is 1.24. The van der Waals surface area contributed by atoms with E-state index in [-0.39, 0.29) is 18.1 Å². The number of hydrogen-bond acceptors (Lipinski definition) is 5. The van der Waals surface area contributed by atoms with Crippen molar-refractivity contribution in [1.29, 1.82) is 0 Å². The number of benzene rings is 2. The van der Waals surface area contributed by atoms with E-state index in [9.17, 15) is 9.59 Å². The first-order chi connectivity index (χ1) is 13.0. The zero-order valence-electron chi connectivity index (χ0n) is 14.8. The number of aromatic nitrogens is 2. The smallest absolute Gasteiger partial charge is 0.362 e. The van der Waals surface area contributed by atoms with Gasteiger partial charge < -0.3 is 9.47 Å². The van der Waals surface area contributed by atoms with E-state index in [0.29, 0.717) is 10.7 Å². The maximum Gasteiger partial charge on any atom is 0.362 e. The van der Waals surface area contributed by atoms with Crippen molar-refractivity contribution < 1.29 is 14.3 Å². The van der Waals surface area contributed by atoms with Crippen LogP contribution in [0.15, 0.2) is 59.4 Å². The Morgan fingerprint density at radius 2 is 1.78 bits per heavy atom. The molecule has 0 radical (unpaired) electrons. The van der Waals surface area contributed by atoms with E-state index < -0.39 is 11.5 Å². The minimum atomic E-state index is -0.698. The molecule has 0 N–H and O–H groups in total. The van der Waals surface area contributed by atoms with E-state index in [4.69, 9.17) is 21.1 Å². The van der Waals surface area contributed by atoms with Gasteiger partial charge in [-0.25, -0.2) is 4.79 Å². The maximum atomic E-state index is 12.5. The van der Waals surface area contributed by atoms with E-state index >= 15 is 0 Å². The molecule has 3 rings (SSSR count). The molecule has 0 saturated carbocycles. The van der Waals surface area contributed by atoms with E-state index in [2.05, 4.69) is 5.10 Å². The standard InChI is InChI=1S/C20H17ClN2O4/c1-13-3-5-14(6-4-13)12-27-17-11-18(24)23(22-19(17)20(25)26-2)16-9-7-15(21)8-10-16/h3-11H,12H2,1-2H3. The molecule has 0 saturated heterocycles. The highest BCUT2D eigenvalue weighted by Gasteiger charge is 2.19. The number of carbonyl (C=O) groups excluding carboxylic acids is 1. The van der Waals surface area contributed by atoms with Crippen molar-refractivity contribution in [1.82, 2.24) is 9.78 Å². The van der Waals surface area contributed by atoms with Crippen LogP contribution in [0.2, 0.25) is 5.02 Å². The van der Waals surface area contributed by atoms with Gasteiger partial charge in [0.15, 0.2) is 5.75 Å². The second kappa shape index (κ2) is 8.05. The number of halogens is 1. The summed E-state index contributed by atoms with van der Waals surface area (Å²) < 4.78 is 11.6. The number of esters is 1. The molecule has 138 valence electrons. The molecule has 1 heterocycles. The van der Waals surface area contributed by atoms with Crippen LogP contribution in [0, 0.1) is 6.92 Å². The Bertz CT molecular complexity index is 1010. The van der Waals surface area contributed by atoms with Gasteiger partial charge in [-0.05, 0) is 36.8 Å². The normalized spacial score (nSPS) is 10.5. The monoisotopic (exact) mass is 384 g/mol. The van der Waals surface area contributed by atoms with Crippen molar-refractivity contribution in [3.8, 4) is 11.4 Å². The second-order valence-corrected chi connectivity index (χ2v) is 6.29. The Morgan fingerprint density at radius 1 is 1.11 bits per heavy atom. The Balaban J connectivity index is 1.96. The van der Waals surface area contributed by atoms with Gasteiger partial charge in [-0.15, -0.1) is 0 Å². The zero-order chi connectivity index (χ0) is 19.4. The van der Waals surface area contributed by atoms with Crippen LogP contribution in [0.4, 0.5) is 0 Å². The van der Waals surface area contributed by atoms with Crippen LogP contribution >= 0.6 is 11.6 Å². The highest BCUT2D eigenvalue weighted by atomic mass is 35.5. The van der Waals surface area contributed by atoms with Crippen LogP contribution in [-0.2, 0) is 11.3 Å². The van der Waals surface area contributed by atoms with Crippen LogP contribution in [0.25, 0.3) is 5.69 Å². The molecule has 0 spiro atoms. The first kappa shape index (κ1) is 18.7. The summed E-state index contributed by atoms with van der Waals surface area (Å²) in [4.78, 5) is 24.6. The van der Waals surface area contributed by atoms with Crippen molar-refractivity contribution >= 4 is 17.6 Å². The summed E-state index contributed by atoms with van der Waals surface area (Å²) in [6, 6.07) is 15.5. The Labute approximate surface area is 160 Å². The number of ether oxygens (including phenoxy) is 2. The summed E-state index contributed by atoms with van der Waals surface area (Å²) in [6.07, 6.45) is 0. The van der Waals surface area contributed by atoms with Crippen molar-refractivity contribution in [2.75, 3.05) is 7.11 Å². The number of hydrogen-bond donors (Lipinski definition) is 0. The lowest BCUT2D eigenvalue weighted by Crippen LogP contribution is -2.24. The highest BCUT2D eigenvalue weighted by molar-refractivity contribution is 6.30. The molecule has 0 bridgehead atoms. The molecule has 7 heteroatoms. The van der Waals surface area contributed by atoms with Crippen molar-refractivity contribution in [3.63, 3.8) is 0 Å². The average molecular weight is 385 g/mol. The first-order valence-corrected chi connectivity index (χ1v) is 8.52. The van der Waals surface area contributed by atoms with Crippen molar-refractivity contribution in [2.24, 2.45) is 0 Å².